The molecule has 0 bridgehead atoms. The summed E-state index contributed by atoms with van der Waals surface area (Å²) in [7, 11) is -2.43. The first-order valence-electron chi connectivity index (χ1n) is 10.8. The summed E-state index contributed by atoms with van der Waals surface area (Å²) in [5.74, 6) is 1.20. The van der Waals surface area contributed by atoms with E-state index in [-0.39, 0.29) is 11.6 Å². The van der Waals surface area contributed by atoms with Crippen LogP contribution in [0.1, 0.15) is 17.0 Å². The van der Waals surface area contributed by atoms with Crippen LogP contribution in [0.5, 0.6) is 5.75 Å². The van der Waals surface area contributed by atoms with Crippen molar-refractivity contribution >= 4 is 28.1 Å². The lowest BCUT2D eigenvalue weighted by molar-refractivity contribution is -0.384. The molecule has 2 aromatic rings. The Bertz CT molecular complexity index is 982. The monoisotopic (exact) mass is 488 g/mol. The van der Waals surface area contributed by atoms with E-state index in [4.69, 9.17) is 18.5 Å². The van der Waals surface area contributed by atoms with E-state index in [1.54, 1.807) is 24.5 Å². The molecule has 0 fully saturated rings. The standard InChI is InChI=1S/C23H32N2O6Si2/c1-28-20-14-10-17(11-15-20)21-16-22(18-8-12-19(13-9-18)24(26)27)29-23(21)25(30-32(2,3)4)31-33(5,6)7/h8-16,21,23H,1-7H3/t21-,23+/m1/s1. The van der Waals surface area contributed by atoms with Crippen molar-refractivity contribution in [3.05, 3.63) is 75.8 Å². The topological polar surface area (TPSA) is 83.3 Å². The first-order valence-corrected chi connectivity index (χ1v) is 17.6. The third-order valence-corrected chi connectivity index (χ3v) is 6.14. The molecule has 10 heteroatoms. The van der Waals surface area contributed by atoms with Gasteiger partial charge in [0.15, 0.2) is 0 Å². The molecule has 0 N–H and O–H groups in total. The molecule has 0 amide bonds. The Hall–Kier alpha value is -2.51. The number of hydrogen-bond donors (Lipinski definition) is 0. The number of nitrogens with zero attached hydrogens (tertiary/aromatic N) is 2. The molecule has 0 saturated carbocycles. The van der Waals surface area contributed by atoms with Crippen LogP contribution in [-0.2, 0) is 13.8 Å². The normalized spacial score (nSPS) is 18.7. The van der Waals surface area contributed by atoms with Crippen molar-refractivity contribution < 1.29 is 23.5 Å². The van der Waals surface area contributed by atoms with Gasteiger partial charge in [0, 0.05) is 17.7 Å². The predicted molar refractivity (Wildman–Crippen MR) is 132 cm³/mol. The summed E-state index contributed by atoms with van der Waals surface area (Å²) in [6, 6.07) is 14.2. The molecule has 1 aliphatic rings. The second-order valence-corrected chi connectivity index (χ2v) is 18.6. The summed E-state index contributed by atoms with van der Waals surface area (Å²) >= 11 is 0. The van der Waals surface area contributed by atoms with E-state index in [9.17, 15) is 10.1 Å². The summed E-state index contributed by atoms with van der Waals surface area (Å²) < 4.78 is 24.4. The molecule has 2 aromatic carbocycles. The van der Waals surface area contributed by atoms with E-state index >= 15 is 0 Å². The van der Waals surface area contributed by atoms with Gasteiger partial charge in [0.2, 0.25) is 22.9 Å². The first kappa shape index (κ1) is 25.1. The van der Waals surface area contributed by atoms with Crippen LogP contribution in [0.3, 0.4) is 0 Å². The fraction of sp³-hybridized carbons (Fsp3) is 0.391. The first-order chi connectivity index (χ1) is 15.4. The minimum Gasteiger partial charge on any atom is -0.497 e. The van der Waals surface area contributed by atoms with Crippen molar-refractivity contribution in [3.8, 4) is 5.75 Å². The molecule has 0 aromatic heterocycles. The number of ether oxygens (including phenoxy) is 2. The molecule has 33 heavy (non-hydrogen) atoms. The van der Waals surface area contributed by atoms with Gasteiger partial charge in [0.05, 0.1) is 18.0 Å². The molecule has 0 aliphatic carbocycles. The van der Waals surface area contributed by atoms with Gasteiger partial charge in [-0.2, -0.15) is 0 Å². The number of nitro benzene ring substituents is 1. The highest BCUT2D eigenvalue weighted by Crippen LogP contribution is 2.40. The van der Waals surface area contributed by atoms with E-state index in [2.05, 4.69) is 39.3 Å². The quantitative estimate of drug-likeness (QED) is 0.246. The van der Waals surface area contributed by atoms with Crippen molar-refractivity contribution in [2.75, 3.05) is 7.11 Å². The average molecular weight is 489 g/mol. The predicted octanol–water partition coefficient (Wildman–Crippen LogP) is 5.92. The lowest BCUT2D eigenvalue weighted by atomic mass is 9.97. The van der Waals surface area contributed by atoms with Gasteiger partial charge in [-0.15, -0.1) is 0 Å². The largest absolute Gasteiger partial charge is 0.497 e. The molecular formula is C23H32N2O6Si2. The number of benzene rings is 2. The third kappa shape index (κ3) is 6.74. The van der Waals surface area contributed by atoms with Gasteiger partial charge >= 0.3 is 0 Å². The minimum atomic E-state index is -2.03. The van der Waals surface area contributed by atoms with Gasteiger partial charge in [-0.05, 0) is 80.4 Å². The second-order valence-electron chi connectivity index (χ2n) is 9.83. The van der Waals surface area contributed by atoms with Gasteiger partial charge in [-0.3, -0.25) is 10.1 Å². The Morgan fingerprint density at radius 1 is 0.909 bits per heavy atom. The molecule has 0 radical (unpaired) electrons. The molecule has 1 heterocycles. The van der Waals surface area contributed by atoms with Gasteiger partial charge in [-0.25, -0.2) is 0 Å². The molecule has 0 saturated heterocycles. The molecule has 8 nitrogen and oxygen atoms in total. The molecule has 0 unspecified atom stereocenters. The smallest absolute Gasteiger partial charge is 0.269 e. The molecule has 3 rings (SSSR count). The van der Waals surface area contributed by atoms with Crippen molar-refractivity contribution in [2.45, 2.75) is 51.4 Å². The highest BCUT2D eigenvalue weighted by molar-refractivity contribution is 6.70. The number of hydrogen-bond acceptors (Lipinski definition) is 7. The SMILES string of the molecule is COc1ccc([C@H]2C=C(c3ccc([N+](=O)[O-])cc3)O[C@@H]2N(O[Si](C)(C)C)O[Si](C)(C)C)cc1. The van der Waals surface area contributed by atoms with Crippen LogP contribution < -0.4 is 4.74 Å². The van der Waals surface area contributed by atoms with Crippen LogP contribution in [0, 0.1) is 10.1 Å². The summed E-state index contributed by atoms with van der Waals surface area (Å²) in [6.45, 7) is 12.6. The van der Waals surface area contributed by atoms with Crippen LogP contribution in [0.25, 0.3) is 5.76 Å². The minimum absolute atomic E-state index is 0.0337. The van der Waals surface area contributed by atoms with E-state index in [1.807, 2.05) is 30.3 Å². The lowest BCUT2D eigenvalue weighted by Crippen LogP contribution is -2.50. The van der Waals surface area contributed by atoms with Crippen LogP contribution in [0.15, 0.2) is 54.6 Å². The van der Waals surface area contributed by atoms with Crippen LogP contribution in [0.2, 0.25) is 39.3 Å². The van der Waals surface area contributed by atoms with E-state index < -0.39 is 27.8 Å². The van der Waals surface area contributed by atoms with Crippen molar-refractivity contribution in [3.63, 3.8) is 0 Å². The zero-order chi connectivity index (χ0) is 24.4. The number of hydroxylamine groups is 2. The Morgan fingerprint density at radius 3 is 1.91 bits per heavy atom. The number of methoxy groups -OCH3 is 1. The van der Waals surface area contributed by atoms with Crippen molar-refractivity contribution in [1.29, 1.82) is 0 Å². The highest BCUT2D eigenvalue weighted by Gasteiger charge is 2.41. The Balaban J connectivity index is 2.01. The zero-order valence-corrected chi connectivity index (χ0v) is 22.2. The lowest BCUT2D eigenvalue weighted by Gasteiger charge is -2.38. The maximum atomic E-state index is 11.0. The fourth-order valence-electron chi connectivity index (χ4n) is 3.32. The van der Waals surface area contributed by atoms with Crippen LogP contribution >= 0.6 is 0 Å². The molecule has 0 spiro atoms. The zero-order valence-electron chi connectivity index (χ0n) is 20.2. The summed E-state index contributed by atoms with van der Waals surface area (Å²) in [4.78, 5) is 10.6. The molecule has 1 aliphatic heterocycles. The summed E-state index contributed by atoms with van der Waals surface area (Å²) in [5.41, 5.74) is 1.80. The van der Waals surface area contributed by atoms with Crippen molar-refractivity contribution in [2.24, 2.45) is 0 Å². The number of nitro groups is 1. The Kier molecular flexibility index (Phi) is 7.44. The van der Waals surface area contributed by atoms with Gasteiger partial charge in [-0.1, -0.05) is 12.1 Å². The third-order valence-electron chi connectivity index (χ3n) is 4.68. The number of non-ortho nitro benzene ring substituents is 1. The maximum Gasteiger partial charge on any atom is 0.269 e. The van der Waals surface area contributed by atoms with Gasteiger partial charge < -0.3 is 18.5 Å². The maximum absolute atomic E-state index is 11.0. The highest BCUT2D eigenvalue weighted by atomic mass is 28.4. The van der Waals surface area contributed by atoms with E-state index in [1.165, 1.54) is 12.1 Å². The van der Waals surface area contributed by atoms with Crippen molar-refractivity contribution in [1.82, 2.24) is 5.23 Å². The average Bonchev–Trinajstić information content (AvgIpc) is 3.17. The van der Waals surface area contributed by atoms with Crippen LogP contribution in [-0.4, -0.2) is 40.1 Å². The number of rotatable bonds is 9. The fourth-order valence-corrected chi connectivity index (χ4v) is 4.76. The molecule has 2 atom stereocenters. The van der Waals surface area contributed by atoms with E-state index in [0.29, 0.717) is 5.76 Å². The van der Waals surface area contributed by atoms with Crippen LogP contribution in [0.4, 0.5) is 5.69 Å². The summed E-state index contributed by atoms with van der Waals surface area (Å²) in [5, 5.41) is 12.6. The summed E-state index contributed by atoms with van der Waals surface area (Å²) in [6.07, 6.45) is 1.46. The second kappa shape index (κ2) is 9.78. The molecule has 178 valence electrons. The Labute approximate surface area is 197 Å². The van der Waals surface area contributed by atoms with Gasteiger partial charge in [0.25, 0.3) is 5.69 Å². The van der Waals surface area contributed by atoms with Gasteiger partial charge in [0.1, 0.15) is 11.5 Å². The molecular weight excluding hydrogens is 456 g/mol. The van der Waals surface area contributed by atoms with E-state index in [0.717, 1.165) is 16.9 Å². The Morgan fingerprint density at radius 2 is 1.45 bits per heavy atom.